The number of carbonyl (C=O) groups excluding carboxylic acids is 1. The summed E-state index contributed by atoms with van der Waals surface area (Å²) in [5.74, 6) is 0.817. The summed E-state index contributed by atoms with van der Waals surface area (Å²) in [6.45, 7) is 0.661. The molecule has 1 amide bonds. The van der Waals surface area contributed by atoms with E-state index in [1.54, 1.807) is 0 Å². The van der Waals surface area contributed by atoms with Crippen molar-refractivity contribution in [2.75, 3.05) is 12.3 Å². The molecule has 0 unspecified atom stereocenters. The van der Waals surface area contributed by atoms with Gasteiger partial charge in [-0.1, -0.05) is 121 Å². The van der Waals surface area contributed by atoms with E-state index in [2.05, 4.69) is 108 Å². The third kappa shape index (κ3) is 5.74. The van der Waals surface area contributed by atoms with Crippen molar-refractivity contribution in [3.05, 3.63) is 144 Å². The maximum atomic E-state index is 12.6. The Kier molecular flexibility index (Phi) is 7.99. The summed E-state index contributed by atoms with van der Waals surface area (Å²) >= 11 is 1.83. The highest BCUT2D eigenvalue weighted by atomic mass is 32.2. The lowest BCUT2D eigenvalue weighted by molar-refractivity contribution is -0.120. The molecule has 1 N–H and O–H groups in total. The molecule has 0 saturated carbocycles. The maximum Gasteiger partial charge on any atom is 0.220 e. The van der Waals surface area contributed by atoms with Crippen LogP contribution in [0.1, 0.15) is 28.7 Å². The highest BCUT2D eigenvalue weighted by Gasteiger charge is 2.36. The predicted molar refractivity (Wildman–Crippen MR) is 139 cm³/mol. The molecular formula is C30H29NOS. The van der Waals surface area contributed by atoms with Crippen LogP contribution in [-0.4, -0.2) is 18.2 Å². The normalized spacial score (nSPS) is 11.2. The van der Waals surface area contributed by atoms with Gasteiger partial charge in [0.25, 0.3) is 0 Å². The molecule has 33 heavy (non-hydrogen) atoms. The molecule has 0 heterocycles. The molecule has 0 bridgehead atoms. The van der Waals surface area contributed by atoms with Crippen molar-refractivity contribution < 1.29 is 4.79 Å². The SMILES string of the molecule is O=C(CCSC(c1ccccc1)(c1ccccc1)c1ccccc1)NCCc1ccccc1. The molecule has 0 fully saturated rings. The van der Waals surface area contributed by atoms with Crippen molar-refractivity contribution in [1.29, 1.82) is 0 Å². The summed E-state index contributed by atoms with van der Waals surface area (Å²) in [5.41, 5.74) is 4.90. The number of benzene rings is 4. The molecule has 4 aromatic carbocycles. The zero-order valence-corrected chi connectivity index (χ0v) is 19.5. The molecule has 4 aromatic rings. The maximum absolute atomic E-state index is 12.6. The van der Waals surface area contributed by atoms with E-state index in [1.807, 2.05) is 30.0 Å². The van der Waals surface area contributed by atoms with Gasteiger partial charge in [0.1, 0.15) is 0 Å². The van der Waals surface area contributed by atoms with Crippen LogP contribution in [0.5, 0.6) is 0 Å². The number of hydrogen-bond donors (Lipinski definition) is 1. The number of hydrogen-bond acceptors (Lipinski definition) is 2. The van der Waals surface area contributed by atoms with E-state index in [4.69, 9.17) is 0 Å². The average Bonchev–Trinajstić information content (AvgIpc) is 2.89. The Balaban J connectivity index is 1.51. The predicted octanol–water partition coefficient (Wildman–Crippen LogP) is 6.46. The molecule has 0 aliphatic rings. The highest BCUT2D eigenvalue weighted by Crippen LogP contribution is 2.48. The molecule has 2 nitrogen and oxygen atoms in total. The second kappa shape index (κ2) is 11.5. The molecule has 0 aromatic heterocycles. The summed E-state index contributed by atoms with van der Waals surface area (Å²) in [5, 5.41) is 3.08. The summed E-state index contributed by atoms with van der Waals surface area (Å²) < 4.78 is -0.381. The average molecular weight is 452 g/mol. The lowest BCUT2D eigenvalue weighted by Crippen LogP contribution is -2.29. The molecular weight excluding hydrogens is 422 g/mol. The summed E-state index contributed by atoms with van der Waals surface area (Å²) in [4.78, 5) is 12.6. The van der Waals surface area contributed by atoms with Gasteiger partial charge >= 0.3 is 0 Å². The van der Waals surface area contributed by atoms with Gasteiger partial charge in [-0.05, 0) is 28.7 Å². The number of thioether (sulfide) groups is 1. The minimum atomic E-state index is -0.381. The number of rotatable bonds is 10. The first kappa shape index (κ1) is 22.9. The van der Waals surface area contributed by atoms with Crippen LogP contribution in [0.4, 0.5) is 0 Å². The highest BCUT2D eigenvalue weighted by molar-refractivity contribution is 8.00. The Morgan fingerprint density at radius 2 is 1.06 bits per heavy atom. The van der Waals surface area contributed by atoms with Gasteiger partial charge in [0.2, 0.25) is 5.91 Å². The molecule has 4 rings (SSSR count). The Morgan fingerprint density at radius 3 is 1.52 bits per heavy atom. The van der Waals surface area contributed by atoms with E-state index in [-0.39, 0.29) is 10.7 Å². The molecule has 0 aliphatic heterocycles. The zero-order chi connectivity index (χ0) is 22.8. The number of nitrogens with one attached hydrogen (secondary N) is 1. The Bertz CT molecular complexity index is 1020. The van der Waals surface area contributed by atoms with Crippen LogP contribution in [0.25, 0.3) is 0 Å². The van der Waals surface area contributed by atoms with Crippen LogP contribution in [0.15, 0.2) is 121 Å². The monoisotopic (exact) mass is 451 g/mol. The van der Waals surface area contributed by atoms with E-state index < -0.39 is 0 Å². The third-order valence-corrected chi connectivity index (χ3v) is 7.32. The van der Waals surface area contributed by atoms with Crippen molar-refractivity contribution in [1.82, 2.24) is 5.32 Å². The lowest BCUT2D eigenvalue weighted by Gasteiger charge is -2.35. The van der Waals surface area contributed by atoms with Crippen LogP contribution in [0, 0.1) is 0 Å². The molecule has 0 radical (unpaired) electrons. The summed E-state index contributed by atoms with van der Waals surface area (Å²) in [7, 11) is 0. The van der Waals surface area contributed by atoms with E-state index in [0.29, 0.717) is 13.0 Å². The minimum Gasteiger partial charge on any atom is -0.356 e. The first-order chi connectivity index (χ1) is 16.3. The quantitative estimate of drug-likeness (QED) is 0.280. The van der Waals surface area contributed by atoms with E-state index in [9.17, 15) is 4.79 Å². The first-order valence-corrected chi connectivity index (χ1v) is 12.4. The van der Waals surface area contributed by atoms with Gasteiger partial charge in [0, 0.05) is 18.7 Å². The van der Waals surface area contributed by atoms with Crippen LogP contribution in [-0.2, 0) is 16.0 Å². The van der Waals surface area contributed by atoms with Crippen molar-refractivity contribution in [3.8, 4) is 0 Å². The van der Waals surface area contributed by atoms with Gasteiger partial charge in [0.05, 0.1) is 4.75 Å². The molecule has 0 saturated heterocycles. The smallest absolute Gasteiger partial charge is 0.220 e. The van der Waals surface area contributed by atoms with Crippen molar-refractivity contribution in [2.45, 2.75) is 17.6 Å². The fraction of sp³-hybridized carbons (Fsp3) is 0.167. The topological polar surface area (TPSA) is 29.1 Å². The first-order valence-electron chi connectivity index (χ1n) is 11.4. The summed E-state index contributed by atoms with van der Waals surface area (Å²) in [6.07, 6.45) is 1.33. The zero-order valence-electron chi connectivity index (χ0n) is 18.7. The van der Waals surface area contributed by atoms with Crippen LogP contribution in [0.2, 0.25) is 0 Å². The Hall–Kier alpha value is -3.30. The van der Waals surface area contributed by atoms with Gasteiger partial charge < -0.3 is 5.32 Å². The van der Waals surface area contributed by atoms with Gasteiger partial charge in [-0.2, -0.15) is 0 Å². The minimum absolute atomic E-state index is 0.0986. The molecule has 166 valence electrons. The van der Waals surface area contributed by atoms with Gasteiger partial charge in [-0.15, -0.1) is 11.8 Å². The second-order valence-electron chi connectivity index (χ2n) is 7.96. The molecule has 0 atom stereocenters. The molecule has 0 aliphatic carbocycles. The van der Waals surface area contributed by atoms with E-state index in [1.165, 1.54) is 22.3 Å². The van der Waals surface area contributed by atoms with Crippen LogP contribution < -0.4 is 5.32 Å². The van der Waals surface area contributed by atoms with Crippen molar-refractivity contribution >= 4 is 17.7 Å². The van der Waals surface area contributed by atoms with Gasteiger partial charge in [0.15, 0.2) is 0 Å². The largest absolute Gasteiger partial charge is 0.356 e. The fourth-order valence-electron chi connectivity index (χ4n) is 4.14. The van der Waals surface area contributed by atoms with E-state index >= 15 is 0 Å². The summed E-state index contributed by atoms with van der Waals surface area (Å²) in [6, 6.07) is 42.1. The number of carbonyl (C=O) groups is 1. The molecule has 0 spiro atoms. The third-order valence-electron chi connectivity index (χ3n) is 5.77. The van der Waals surface area contributed by atoms with Gasteiger partial charge in [-0.3, -0.25) is 4.79 Å². The van der Waals surface area contributed by atoms with E-state index in [0.717, 1.165) is 12.2 Å². The standard InChI is InChI=1S/C30H29NOS/c32-29(31-23-21-25-13-5-1-6-14-25)22-24-33-30(26-15-7-2-8-16-26,27-17-9-3-10-18-27)28-19-11-4-12-20-28/h1-20H,21-24H2,(H,31,32). The Labute approximate surface area is 201 Å². The second-order valence-corrected chi connectivity index (χ2v) is 9.27. The van der Waals surface area contributed by atoms with Crippen molar-refractivity contribution in [3.63, 3.8) is 0 Å². The number of amides is 1. The fourth-order valence-corrected chi connectivity index (χ4v) is 5.65. The lowest BCUT2D eigenvalue weighted by atomic mass is 9.84. The van der Waals surface area contributed by atoms with Crippen LogP contribution in [0.3, 0.4) is 0 Å². The Morgan fingerprint density at radius 1 is 0.636 bits per heavy atom. The molecule has 3 heteroatoms. The van der Waals surface area contributed by atoms with Gasteiger partial charge in [-0.25, -0.2) is 0 Å². The van der Waals surface area contributed by atoms with Crippen LogP contribution >= 0.6 is 11.8 Å². The van der Waals surface area contributed by atoms with Crippen molar-refractivity contribution in [2.24, 2.45) is 0 Å².